The van der Waals surface area contributed by atoms with Crippen molar-refractivity contribution in [1.82, 2.24) is 5.32 Å². The molecular weight excluding hydrogens is 258 g/mol. The standard InChI is InChI=1S/C11H16BrNO2/c1-15-6-5-13-8-11(14)9-3-2-4-10(12)7-9/h2-4,7,11,13-14H,5-6,8H2,1H3. The monoisotopic (exact) mass is 273 g/mol. The highest BCUT2D eigenvalue weighted by atomic mass is 79.9. The van der Waals surface area contributed by atoms with Crippen LogP contribution in [0.4, 0.5) is 0 Å². The van der Waals surface area contributed by atoms with Gasteiger partial charge in [-0.25, -0.2) is 0 Å². The fourth-order valence-corrected chi connectivity index (χ4v) is 1.66. The zero-order chi connectivity index (χ0) is 11.1. The summed E-state index contributed by atoms with van der Waals surface area (Å²) in [6.45, 7) is 1.95. The molecule has 0 bridgehead atoms. The van der Waals surface area contributed by atoms with E-state index in [1.807, 2.05) is 24.3 Å². The van der Waals surface area contributed by atoms with Gasteiger partial charge >= 0.3 is 0 Å². The maximum absolute atomic E-state index is 9.82. The third-order valence-electron chi connectivity index (χ3n) is 2.05. The average Bonchev–Trinajstić information content (AvgIpc) is 2.24. The molecule has 0 radical (unpaired) electrons. The van der Waals surface area contributed by atoms with Crippen molar-refractivity contribution in [3.05, 3.63) is 34.3 Å². The summed E-state index contributed by atoms with van der Waals surface area (Å²) in [6.07, 6.45) is -0.473. The fourth-order valence-electron chi connectivity index (χ4n) is 1.24. The Hall–Kier alpha value is -0.420. The minimum Gasteiger partial charge on any atom is -0.387 e. The van der Waals surface area contributed by atoms with E-state index in [0.29, 0.717) is 13.2 Å². The molecule has 1 aromatic rings. The Kier molecular flexibility index (Phi) is 5.86. The summed E-state index contributed by atoms with van der Waals surface area (Å²) >= 11 is 3.37. The number of methoxy groups -OCH3 is 1. The molecule has 0 spiro atoms. The van der Waals surface area contributed by atoms with Gasteiger partial charge in [0.15, 0.2) is 0 Å². The van der Waals surface area contributed by atoms with E-state index < -0.39 is 6.10 Å². The molecule has 0 aliphatic carbocycles. The maximum atomic E-state index is 9.82. The molecule has 0 saturated heterocycles. The van der Waals surface area contributed by atoms with E-state index in [2.05, 4.69) is 21.2 Å². The van der Waals surface area contributed by atoms with Gasteiger partial charge in [-0.3, -0.25) is 0 Å². The van der Waals surface area contributed by atoms with E-state index in [4.69, 9.17) is 4.74 Å². The summed E-state index contributed by atoms with van der Waals surface area (Å²) < 4.78 is 5.88. The van der Waals surface area contributed by atoms with Crippen LogP contribution in [0.1, 0.15) is 11.7 Å². The largest absolute Gasteiger partial charge is 0.387 e. The first-order chi connectivity index (χ1) is 7.24. The molecule has 1 aromatic carbocycles. The molecule has 0 saturated carbocycles. The van der Waals surface area contributed by atoms with Gasteiger partial charge in [-0.1, -0.05) is 28.1 Å². The van der Waals surface area contributed by atoms with Crippen molar-refractivity contribution in [3.63, 3.8) is 0 Å². The summed E-state index contributed by atoms with van der Waals surface area (Å²) in [5.74, 6) is 0. The van der Waals surface area contributed by atoms with E-state index in [9.17, 15) is 5.11 Å². The Morgan fingerprint density at radius 1 is 1.53 bits per heavy atom. The van der Waals surface area contributed by atoms with E-state index >= 15 is 0 Å². The van der Waals surface area contributed by atoms with E-state index in [-0.39, 0.29) is 0 Å². The van der Waals surface area contributed by atoms with Crippen LogP contribution in [0.15, 0.2) is 28.7 Å². The summed E-state index contributed by atoms with van der Waals surface area (Å²) in [5.41, 5.74) is 0.911. The van der Waals surface area contributed by atoms with Gasteiger partial charge in [0, 0.05) is 24.7 Å². The molecule has 0 amide bonds. The predicted octanol–water partition coefficient (Wildman–Crippen LogP) is 1.72. The number of rotatable bonds is 6. The number of benzene rings is 1. The Morgan fingerprint density at radius 3 is 3.00 bits per heavy atom. The van der Waals surface area contributed by atoms with Gasteiger partial charge in [-0.15, -0.1) is 0 Å². The lowest BCUT2D eigenvalue weighted by atomic mass is 10.1. The van der Waals surface area contributed by atoms with Gasteiger partial charge in [0.25, 0.3) is 0 Å². The van der Waals surface area contributed by atoms with Crippen molar-refractivity contribution in [2.24, 2.45) is 0 Å². The van der Waals surface area contributed by atoms with Crippen LogP contribution in [0.2, 0.25) is 0 Å². The minimum atomic E-state index is -0.473. The Labute approximate surface area is 98.6 Å². The maximum Gasteiger partial charge on any atom is 0.0914 e. The van der Waals surface area contributed by atoms with Crippen LogP contribution in [0, 0.1) is 0 Å². The summed E-state index contributed by atoms with van der Waals surface area (Å²) in [5, 5.41) is 12.9. The summed E-state index contributed by atoms with van der Waals surface area (Å²) in [4.78, 5) is 0. The van der Waals surface area contributed by atoms with Crippen LogP contribution >= 0.6 is 15.9 Å². The lowest BCUT2D eigenvalue weighted by molar-refractivity contribution is 0.161. The van der Waals surface area contributed by atoms with E-state index in [1.165, 1.54) is 0 Å². The molecule has 15 heavy (non-hydrogen) atoms. The highest BCUT2D eigenvalue weighted by molar-refractivity contribution is 9.10. The van der Waals surface area contributed by atoms with Gasteiger partial charge in [0.05, 0.1) is 12.7 Å². The van der Waals surface area contributed by atoms with Gasteiger partial charge < -0.3 is 15.2 Å². The predicted molar refractivity (Wildman–Crippen MR) is 63.8 cm³/mol. The molecule has 0 aliphatic heterocycles. The lowest BCUT2D eigenvalue weighted by Gasteiger charge is -2.12. The number of hydrogen-bond donors (Lipinski definition) is 2. The molecule has 4 heteroatoms. The first-order valence-corrected chi connectivity index (χ1v) is 5.66. The second-order valence-electron chi connectivity index (χ2n) is 3.27. The molecule has 1 unspecified atom stereocenters. The normalized spacial score (nSPS) is 12.7. The third kappa shape index (κ3) is 4.75. The van der Waals surface area contributed by atoms with Gasteiger partial charge in [0.2, 0.25) is 0 Å². The molecular formula is C11H16BrNO2. The molecule has 0 aromatic heterocycles. The quantitative estimate of drug-likeness (QED) is 0.776. The third-order valence-corrected chi connectivity index (χ3v) is 2.55. The van der Waals surface area contributed by atoms with Crippen molar-refractivity contribution in [3.8, 4) is 0 Å². The molecule has 3 nitrogen and oxygen atoms in total. The van der Waals surface area contributed by atoms with Crippen LogP contribution in [-0.2, 0) is 4.74 Å². The van der Waals surface area contributed by atoms with Crippen LogP contribution in [0.5, 0.6) is 0 Å². The smallest absolute Gasteiger partial charge is 0.0914 e. The van der Waals surface area contributed by atoms with E-state index in [1.54, 1.807) is 7.11 Å². The molecule has 2 N–H and O–H groups in total. The van der Waals surface area contributed by atoms with Crippen LogP contribution in [0.3, 0.4) is 0 Å². The lowest BCUT2D eigenvalue weighted by Crippen LogP contribution is -2.24. The second-order valence-corrected chi connectivity index (χ2v) is 4.18. The molecule has 0 fully saturated rings. The van der Waals surface area contributed by atoms with Crippen molar-refractivity contribution in [1.29, 1.82) is 0 Å². The van der Waals surface area contributed by atoms with Gasteiger partial charge in [-0.05, 0) is 17.7 Å². The average molecular weight is 274 g/mol. The number of aliphatic hydroxyl groups is 1. The first kappa shape index (κ1) is 12.6. The molecule has 0 heterocycles. The van der Waals surface area contributed by atoms with Crippen LogP contribution < -0.4 is 5.32 Å². The SMILES string of the molecule is COCCNCC(O)c1cccc(Br)c1. The van der Waals surface area contributed by atoms with Crippen molar-refractivity contribution < 1.29 is 9.84 Å². The zero-order valence-electron chi connectivity index (χ0n) is 8.74. The fraction of sp³-hybridized carbons (Fsp3) is 0.455. The number of aliphatic hydroxyl groups excluding tert-OH is 1. The Morgan fingerprint density at radius 2 is 2.33 bits per heavy atom. The number of nitrogens with one attached hydrogen (secondary N) is 1. The Balaban J connectivity index is 2.36. The van der Waals surface area contributed by atoms with Gasteiger partial charge in [-0.2, -0.15) is 0 Å². The summed E-state index contributed by atoms with van der Waals surface area (Å²) in [6, 6.07) is 7.68. The number of halogens is 1. The minimum absolute atomic E-state index is 0.473. The summed E-state index contributed by atoms with van der Waals surface area (Å²) in [7, 11) is 1.66. The molecule has 1 rings (SSSR count). The van der Waals surface area contributed by atoms with Crippen molar-refractivity contribution in [2.75, 3.05) is 26.8 Å². The van der Waals surface area contributed by atoms with E-state index in [0.717, 1.165) is 16.6 Å². The topological polar surface area (TPSA) is 41.5 Å². The van der Waals surface area contributed by atoms with Crippen molar-refractivity contribution >= 4 is 15.9 Å². The van der Waals surface area contributed by atoms with Crippen LogP contribution in [0.25, 0.3) is 0 Å². The highest BCUT2D eigenvalue weighted by Crippen LogP contribution is 2.17. The van der Waals surface area contributed by atoms with Gasteiger partial charge in [0.1, 0.15) is 0 Å². The second kappa shape index (κ2) is 6.95. The molecule has 84 valence electrons. The Bertz CT molecular complexity index is 294. The van der Waals surface area contributed by atoms with Crippen molar-refractivity contribution in [2.45, 2.75) is 6.10 Å². The zero-order valence-corrected chi connectivity index (χ0v) is 10.3. The molecule has 0 aliphatic rings. The first-order valence-electron chi connectivity index (χ1n) is 4.87. The number of hydrogen-bond acceptors (Lipinski definition) is 3. The van der Waals surface area contributed by atoms with Crippen LogP contribution in [-0.4, -0.2) is 31.9 Å². The highest BCUT2D eigenvalue weighted by Gasteiger charge is 2.06. The molecule has 1 atom stereocenters. The number of ether oxygens (including phenoxy) is 1.